The predicted molar refractivity (Wildman–Crippen MR) is 105 cm³/mol. The first-order valence-electron chi connectivity index (χ1n) is 9.80. The maximum absolute atomic E-state index is 13.3. The molecule has 0 spiro atoms. The Labute approximate surface area is 160 Å². The number of amides is 1. The molecule has 2 unspecified atom stereocenters. The zero-order chi connectivity index (χ0) is 18.8. The van der Waals surface area contributed by atoms with Crippen LogP contribution in [0.2, 0.25) is 0 Å². The number of hydrogen-bond acceptors (Lipinski definition) is 4. The molecule has 0 aliphatic carbocycles. The first kappa shape index (κ1) is 18.0. The number of pyridine rings is 1. The Hall–Kier alpha value is -2.40. The van der Waals surface area contributed by atoms with E-state index in [4.69, 9.17) is 4.74 Å². The highest BCUT2D eigenvalue weighted by Crippen LogP contribution is 2.32. The van der Waals surface area contributed by atoms with Gasteiger partial charge in [-0.15, -0.1) is 0 Å². The van der Waals surface area contributed by atoms with Crippen molar-refractivity contribution in [2.45, 2.75) is 51.8 Å². The van der Waals surface area contributed by atoms with Gasteiger partial charge in [-0.3, -0.25) is 9.78 Å². The van der Waals surface area contributed by atoms with Crippen molar-refractivity contribution in [2.24, 2.45) is 0 Å². The van der Waals surface area contributed by atoms with Crippen molar-refractivity contribution in [1.82, 2.24) is 15.2 Å². The molecule has 27 heavy (non-hydrogen) atoms. The molecule has 1 amide bonds. The highest BCUT2D eigenvalue weighted by Gasteiger charge is 2.38. The normalized spacial score (nSPS) is 21.8. The lowest BCUT2D eigenvalue weighted by Gasteiger charge is -2.28. The molecular weight excluding hydrogens is 338 g/mol. The molecule has 4 rings (SSSR count). The van der Waals surface area contributed by atoms with Crippen LogP contribution >= 0.6 is 0 Å². The van der Waals surface area contributed by atoms with Gasteiger partial charge in [0.05, 0.1) is 0 Å². The van der Waals surface area contributed by atoms with Crippen LogP contribution in [0.5, 0.6) is 5.75 Å². The molecule has 0 saturated carbocycles. The van der Waals surface area contributed by atoms with Gasteiger partial charge in [0.25, 0.3) is 5.91 Å². The molecule has 2 bridgehead atoms. The number of aryl methyl sites for hydroxylation is 2. The summed E-state index contributed by atoms with van der Waals surface area (Å²) in [5.41, 5.74) is 3.81. The minimum absolute atomic E-state index is 0.163. The molecule has 2 saturated heterocycles. The molecule has 5 nitrogen and oxygen atoms in total. The Balaban J connectivity index is 1.53. The minimum atomic E-state index is 0.163. The predicted octanol–water partition coefficient (Wildman–Crippen LogP) is 3.24. The van der Waals surface area contributed by atoms with Crippen molar-refractivity contribution >= 4 is 5.91 Å². The van der Waals surface area contributed by atoms with Gasteiger partial charge in [0.2, 0.25) is 0 Å². The molecule has 1 aromatic heterocycles. The molecule has 2 fully saturated rings. The molecule has 2 aliphatic heterocycles. The molecule has 2 aliphatic rings. The summed E-state index contributed by atoms with van der Waals surface area (Å²) < 4.78 is 6.03. The van der Waals surface area contributed by atoms with Crippen LogP contribution < -0.4 is 10.1 Å². The quantitative estimate of drug-likeness (QED) is 0.904. The van der Waals surface area contributed by atoms with Crippen molar-refractivity contribution in [3.63, 3.8) is 0 Å². The van der Waals surface area contributed by atoms with Crippen LogP contribution in [0.4, 0.5) is 0 Å². The lowest BCUT2D eigenvalue weighted by atomic mass is 10.0. The summed E-state index contributed by atoms with van der Waals surface area (Å²) in [5, 5.41) is 3.46. The first-order chi connectivity index (χ1) is 13.1. The molecule has 5 heteroatoms. The number of carbonyl (C=O) groups excluding carboxylic acids is 1. The van der Waals surface area contributed by atoms with Crippen molar-refractivity contribution in [3.05, 3.63) is 58.9 Å². The maximum atomic E-state index is 13.3. The van der Waals surface area contributed by atoms with E-state index in [9.17, 15) is 4.79 Å². The van der Waals surface area contributed by atoms with E-state index in [-0.39, 0.29) is 5.91 Å². The van der Waals surface area contributed by atoms with Crippen molar-refractivity contribution in [1.29, 1.82) is 0 Å². The lowest BCUT2D eigenvalue weighted by molar-refractivity contribution is 0.0680. The summed E-state index contributed by atoms with van der Waals surface area (Å²) in [6, 6.07) is 8.56. The molecule has 1 aromatic carbocycles. The highest BCUT2D eigenvalue weighted by molar-refractivity contribution is 5.95. The van der Waals surface area contributed by atoms with Crippen LogP contribution in [-0.4, -0.2) is 41.0 Å². The van der Waals surface area contributed by atoms with Gasteiger partial charge in [0.15, 0.2) is 0 Å². The largest absolute Gasteiger partial charge is 0.488 e. The van der Waals surface area contributed by atoms with E-state index in [0.29, 0.717) is 18.7 Å². The molecule has 0 radical (unpaired) electrons. The van der Waals surface area contributed by atoms with Crippen molar-refractivity contribution in [3.8, 4) is 5.75 Å². The van der Waals surface area contributed by atoms with E-state index in [0.717, 1.165) is 60.4 Å². The van der Waals surface area contributed by atoms with Crippen LogP contribution in [-0.2, 0) is 6.61 Å². The zero-order valence-corrected chi connectivity index (χ0v) is 16.1. The molecule has 142 valence electrons. The number of nitrogens with one attached hydrogen (secondary N) is 1. The molecule has 1 N–H and O–H groups in total. The number of rotatable bonds is 4. The Morgan fingerprint density at radius 3 is 2.74 bits per heavy atom. The van der Waals surface area contributed by atoms with Gasteiger partial charge in [-0.2, -0.15) is 0 Å². The molecule has 2 aromatic rings. The van der Waals surface area contributed by atoms with E-state index in [1.165, 1.54) is 0 Å². The number of hydrogen-bond donors (Lipinski definition) is 1. The summed E-state index contributed by atoms with van der Waals surface area (Å²) in [4.78, 5) is 19.5. The molecule has 2 atom stereocenters. The van der Waals surface area contributed by atoms with E-state index >= 15 is 0 Å². The third kappa shape index (κ3) is 3.69. The number of nitrogens with zero attached hydrogens (tertiary/aromatic N) is 2. The van der Waals surface area contributed by atoms with Gasteiger partial charge in [0, 0.05) is 42.1 Å². The topological polar surface area (TPSA) is 54.5 Å². The summed E-state index contributed by atoms with van der Waals surface area (Å²) in [6.45, 7) is 6.42. The molecule has 3 heterocycles. The average molecular weight is 365 g/mol. The standard InChI is InChI=1S/C22H27N3O2/c1-15-10-18(22(26)25-19-5-6-20(25)13-24-9-7-19)11-16(2)21(15)27-14-17-4-3-8-23-12-17/h3-4,8,10-12,19-20,24H,5-7,9,13-14H2,1-2H3. The smallest absolute Gasteiger partial charge is 0.254 e. The Kier molecular flexibility index (Phi) is 5.12. The van der Waals surface area contributed by atoms with E-state index in [2.05, 4.69) is 15.2 Å². The van der Waals surface area contributed by atoms with E-state index in [1.54, 1.807) is 6.20 Å². The second-order valence-electron chi connectivity index (χ2n) is 7.68. The monoisotopic (exact) mass is 365 g/mol. The first-order valence-corrected chi connectivity index (χ1v) is 9.80. The summed E-state index contributed by atoms with van der Waals surface area (Å²) in [7, 11) is 0. The fourth-order valence-corrected chi connectivity index (χ4v) is 4.40. The van der Waals surface area contributed by atoms with Gasteiger partial charge in [0.1, 0.15) is 12.4 Å². The SMILES string of the molecule is Cc1cc(C(=O)N2C3CCNCC2CC3)cc(C)c1OCc1cccnc1. The van der Waals surface area contributed by atoms with Gasteiger partial charge in [-0.25, -0.2) is 0 Å². The average Bonchev–Trinajstić information content (AvgIpc) is 2.93. The molecular formula is C22H27N3O2. The zero-order valence-electron chi connectivity index (χ0n) is 16.1. The minimum Gasteiger partial charge on any atom is -0.488 e. The van der Waals surface area contributed by atoms with E-state index < -0.39 is 0 Å². The Bertz CT molecular complexity index is 785. The van der Waals surface area contributed by atoms with Crippen molar-refractivity contribution in [2.75, 3.05) is 13.1 Å². The fourth-order valence-electron chi connectivity index (χ4n) is 4.40. The number of carbonyl (C=O) groups is 1. The number of aromatic nitrogens is 1. The Morgan fingerprint density at radius 1 is 1.22 bits per heavy atom. The summed E-state index contributed by atoms with van der Waals surface area (Å²) >= 11 is 0. The maximum Gasteiger partial charge on any atom is 0.254 e. The van der Waals surface area contributed by atoms with Crippen LogP contribution in [0.25, 0.3) is 0 Å². The fraction of sp³-hybridized carbons (Fsp3) is 0.455. The summed E-state index contributed by atoms with van der Waals surface area (Å²) in [5.74, 6) is 1.02. The number of fused-ring (bicyclic) bond motifs is 2. The highest BCUT2D eigenvalue weighted by atomic mass is 16.5. The third-order valence-corrected chi connectivity index (χ3v) is 5.70. The van der Waals surface area contributed by atoms with Gasteiger partial charge >= 0.3 is 0 Å². The van der Waals surface area contributed by atoms with Crippen molar-refractivity contribution < 1.29 is 9.53 Å². The van der Waals surface area contributed by atoms with Crippen LogP contribution in [0.1, 0.15) is 46.3 Å². The van der Waals surface area contributed by atoms with Crippen LogP contribution in [0, 0.1) is 13.8 Å². The van der Waals surface area contributed by atoms with Gasteiger partial charge in [-0.05, 0) is 69.0 Å². The van der Waals surface area contributed by atoms with E-state index in [1.807, 2.05) is 44.3 Å². The van der Waals surface area contributed by atoms with Crippen LogP contribution in [0.15, 0.2) is 36.7 Å². The lowest BCUT2D eigenvalue weighted by Crippen LogP contribution is -2.42. The van der Waals surface area contributed by atoms with Gasteiger partial charge < -0.3 is 15.0 Å². The number of ether oxygens (including phenoxy) is 1. The Morgan fingerprint density at radius 2 is 2.00 bits per heavy atom. The van der Waals surface area contributed by atoms with Crippen LogP contribution in [0.3, 0.4) is 0 Å². The third-order valence-electron chi connectivity index (χ3n) is 5.70. The van der Waals surface area contributed by atoms with Gasteiger partial charge in [-0.1, -0.05) is 6.07 Å². The second kappa shape index (κ2) is 7.69. The summed E-state index contributed by atoms with van der Waals surface area (Å²) in [6.07, 6.45) is 6.85. The second-order valence-corrected chi connectivity index (χ2v) is 7.68. The number of benzene rings is 1.